The second kappa shape index (κ2) is 9.69. The van der Waals surface area contributed by atoms with Crippen molar-refractivity contribution in [2.75, 3.05) is 26.2 Å². The van der Waals surface area contributed by atoms with Crippen molar-refractivity contribution in [2.24, 2.45) is 5.92 Å². The van der Waals surface area contributed by atoms with Crippen LogP contribution in [0.4, 0.5) is 0 Å². The minimum atomic E-state index is 0. The summed E-state index contributed by atoms with van der Waals surface area (Å²) in [6, 6.07) is 0. The molecule has 2 aliphatic rings. The van der Waals surface area contributed by atoms with E-state index in [1.165, 1.54) is 0 Å². The van der Waals surface area contributed by atoms with E-state index in [0.29, 0.717) is 11.8 Å². The van der Waals surface area contributed by atoms with Crippen LogP contribution >= 0.6 is 36.2 Å². The molecule has 2 aliphatic heterocycles. The van der Waals surface area contributed by atoms with Crippen LogP contribution in [0.25, 0.3) is 0 Å². The van der Waals surface area contributed by atoms with Crippen molar-refractivity contribution in [3.8, 4) is 0 Å². The predicted octanol–water partition coefficient (Wildman–Crippen LogP) is 2.55. The zero-order chi connectivity index (χ0) is 16.4. The molecule has 0 aliphatic carbocycles. The van der Waals surface area contributed by atoms with Gasteiger partial charge in [-0.2, -0.15) is 0 Å². The molecule has 0 saturated carbocycles. The van der Waals surface area contributed by atoms with E-state index in [9.17, 15) is 4.79 Å². The molecule has 26 heavy (non-hydrogen) atoms. The SMILES string of the molecule is Cl.Cl.O=C(C1CCNC1)N1CCC(c2nccn2Cc2cscn2)CC1. The zero-order valence-corrected chi connectivity index (χ0v) is 17.0. The number of carbonyl (C=O) groups excluding carboxylic acids is 1. The zero-order valence-electron chi connectivity index (χ0n) is 14.5. The molecule has 1 N–H and O–H groups in total. The van der Waals surface area contributed by atoms with Gasteiger partial charge in [0, 0.05) is 43.3 Å². The molecule has 1 atom stereocenters. The van der Waals surface area contributed by atoms with Crippen LogP contribution in [0.1, 0.15) is 36.7 Å². The number of rotatable bonds is 4. The first-order chi connectivity index (χ1) is 11.8. The smallest absolute Gasteiger partial charge is 0.227 e. The van der Waals surface area contributed by atoms with Gasteiger partial charge < -0.3 is 14.8 Å². The lowest BCUT2D eigenvalue weighted by atomic mass is 9.94. The standard InChI is InChI=1S/C17H23N5OS.2ClH/c23-17(14-1-4-18-9-14)21-6-2-13(3-7-21)16-19-5-8-22(16)10-15-11-24-12-20-15;;/h5,8,11-14,18H,1-4,6-7,9-10H2;2*1H. The van der Waals surface area contributed by atoms with Crippen molar-refractivity contribution in [2.45, 2.75) is 31.7 Å². The maximum Gasteiger partial charge on any atom is 0.227 e. The summed E-state index contributed by atoms with van der Waals surface area (Å²) in [6.07, 6.45) is 6.90. The summed E-state index contributed by atoms with van der Waals surface area (Å²) in [5, 5.41) is 5.37. The maximum atomic E-state index is 12.5. The minimum Gasteiger partial charge on any atom is -0.342 e. The van der Waals surface area contributed by atoms with E-state index in [2.05, 4.69) is 30.1 Å². The number of nitrogens with zero attached hydrogens (tertiary/aromatic N) is 4. The van der Waals surface area contributed by atoms with Gasteiger partial charge in [0.25, 0.3) is 0 Å². The van der Waals surface area contributed by atoms with E-state index in [1.807, 2.05) is 17.9 Å². The molecule has 9 heteroatoms. The average Bonchev–Trinajstić information content (AvgIpc) is 3.37. The number of piperidine rings is 1. The second-order valence-electron chi connectivity index (χ2n) is 6.68. The first kappa shape index (κ1) is 21.2. The van der Waals surface area contributed by atoms with Crippen LogP contribution < -0.4 is 5.32 Å². The maximum absolute atomic E-state index is 12.5. The third kappa shape index (κ3) is 4.57. The lowest BCUT2D eigenvalue weighted by Gasteiger charge is -2.33. The van der Waals surface area contributed by atoms with Gasteiger partial charge in [-0.25, -0.2) is 9.97 Å². The van der Waals surface area contributed by atoms with Crippen LogP contribution in [0.15, 0.2) is 23.3 Å². The van der Waals surface area contributed by atoms with Crippen molar-refractivity contribution in [1.82, 2.24) is 24.8 Å². The third-order valence-corrected chi connectivity index (χ3v) is 5.78. The van der Waals surface area contributed by atoms with Gasteiger partial charge in [-0.3, -0.25) is 4.79 Å². The number of thiazole rings is 1. The summed E-state index contributed by atoms with van der Waals surface area (Å²) in [5.74, 6) is 2.10. The highest BCUT2D eigenvalue weighted by molar-refractivity contribution is 7.07. The number of aromatic nitrogens is 3. The molecule has 2 aromatic rings. The molecule has 0 spiro atoms. The molecule has 2 aromatic heterocycles. The highest BCUT2D eigenvalue weighted by Crippen LogP contribution is 2.28. The van der Waals surface area contributed by atoms with Gasteiger partial charge in [-0.05, 0) is 25.8 Å². The molecule has 4 heterocycles. The molecule has 0 aromatic carbocycles. The Bertz CT molecular complexity index is 679. The van der Waals surface area contributed by atoms with Gasteiger partial charge in [-0.1, -0.05) is 0 Å². The number of hydrogen-bond donors (Lipinski definition) is 1. The molecule has 0 radical (unpaired) electrons. The molecule has 1 amide bonds. The summed E-state index contributed by atoms with van der Waals surface area (Å²) < 4.78 is 2.21. The van der Waals surface area contributed by atoms with Gasteiger partial charge in [-0.15, -0.1) is 36.2 Å². The van der Waals surface area contributed by atoms with Crippen LogP contribution in [-0.4, -0.2) is 51.5 Å². The number of hydrogen-bond acceptors (Lipinski definition) is 5. The first-order valence-corrected chi connectivity index (χ1v) is 9.63. The van der Waals surface area contributed by atoms with Gasteiger partial charge in [0.1, 0.15) is 5.82 Å². The van der Waals surface area contributed by atoms with E-state index in [1.54, 1.807) is 11.3 Å². The molecule has 6 nitrogen and oxygen atoms in total. The average molecular weight is 418 g/mol. The van der Waals surface area contributed by atoms with E-state index in [-0.39, 0.29) is 30.7 Å². The van der Waals surface area contributed by atoms with Crippen molar-refractivity contribution in [3.63, 3.8) is 0 Å². The lowest BCUT2D eigenvalue weighted by Crippen LogP contribution is -2.42. The van der Waals surface area contributed by atoms with E-state index < -0.39 is 0 Å². The topological polar surface area (TPSA) is 63.1 Å². The van der Waals surface area contributed by atoms with Gasteiger partial charge in [0.2, 0.25) is 5.91 Å². The number of likely N-dealkylation sites (tertiary alicyclic amines) is 1. The van der Waals surface area contributed by atoms with E-state index >= 15 is 0 Å². The Morgan fingerprint density at radius 2 is 2.04 bits per heavy atom. The Hall–Kier alpha value is -1.15. The van der Waals surface area contributed by atoms with Crippen molar-refractivity contribution in [3.05, 3.63) is 34.8 Å². The molecular formula is C17H25Cl2N5OS. The van der Waals surface area contributed by atoms with Crippen LogP contribution in [0.3, 0.4) is 0 Å². The van der Waals surface area contributed by atoms with Gasteiger partial charge >= 0.3 is 0 Å². The van der Waals surface area contributed by atoms with Crippen LogP contribution in [0.2, 0.25) is 0 Å². The van der Waals surface area contributed by atoms with Crippen molar-refractivity contribution in [1.29, 1.82) is 0 Å². The van der Waals surface area contributed by atoms with Gasteiger partial charge in [0.15, 0.2) is 0 Å². The number of imidazole rings is 1. The number of amides is 1. The Morgan fingerprint density at radius 1 is 1.23 bits per heavy atom. The predicted molar refractivity (Wildman–Crippen MR) is 107 cm³/mol. The highest BCUT2D eigenvalue weighted by Gasteiger charge is 2.31. The molecule has 2 fully saturated rings. The highest BCUT2D eigenvalue weighted by atomic mass is 35.5. The van der Waals surface area contributed by atoms with E-state index in [4.69, 9.17) is 0 Å². The summed E-state index contributed by atoms with van der Waals surface area (Å²) in [5.41, 5.74) is 2.95. The number of nitrogens with one attached hydrogen (secondary N) is 1. The molecule has 1 unspecified atom stereocenters. The minimum absolute atomic E-state index is 0. The van der Waals surface area contributed by atoms with Crippen LogP contribution in [0.5, 0.6) is 0 Å². The fourth-order valence-corrected chi connectivity index (χ4v) is 4.34. The second-order valence-corrected chi connectivity index (χ2v) is 7.40. The van der Waals surface area contributed by atoms with Crippen molar-refractivity contribution >= 4 is 42.1 Å². The molecule has 0 bridgehead atoms. The normalized spacial score (nSPS) is 20.5. The molecule has 4 rings (SSSR count). The lowest BCUT2D eigenvalue weighted by molar-refractivity contribution is -0.136. The fraction of sp³-hybridized carbons (Fsp3) is 0.588. The van der Waals surface area contributed by atoms with Crippen LogP contribution in [-0.2, 0) is 11.3 Å². The number of carbonyl (C=O) groups is 1. The Morgan fingerprint density at radius 3 is 2.69 bits per heavy atom. The Labute approximate surface area is 170 Å². The summed E-state index contributed by atoms with van der Waals surface area (Å²) in [7, 11) is 0. The summed E-state index contributed by atoms with van der Waals surface area (Å²) in [4.78, 5) is 23.5. The quantitative estimate of drug-likeness (QED) is 0.829. The first-order valence-electron chi connectivity index (χ1n) is 8.69. The van der Waals surface area contributed by atoms with Crippen molar-refractivity contribution < 1.29 is 4.79 Å². The summed E-state index contributed by atoms with van der Waals surface area (Å²) >= 11 is 1.62. The van der Waals surface area contributed by atoms with Crippen LogP contribution in [0, 0.1) is 5.92 Å². The third-order valence-electron chi connectivity index (χ3n) is 5.14. The van der Waals surface area contributed by atoms with E-state index in [0.717, 1.165) is 63.5 Å². The fourth-order valence-electron chi connectivity index (χ4n) is 3.79. The Kier molecular flexibility index (Phi) is 7.88. The molecule has 144 valence electrons. The Balaban J connectivity index is 0.00000121. The largest absolute Gasteiger partial charge is 0.342 e. The molecular weight excluding hydrogens is 393 g/mol. The molecule has 2 saturated heterocycles. The summed E-state index contributed by atoms with van der Waals surface area (Å²) in [6.45, 7) is 4.30. The van der Waals surface area contributed by atoms with Gasteiger partial charge in [0.05, 0.1) is 23.7 Å². The number of halogens is 2. The monoisotopic (exact) mass is 417 g/mol.